The second kappa shape index (κ2) is 5.08. The summed E-state index contributed by atoms with van der Waals surface area (Å²) in [5.74, 6) is 0.0438. The number of nitrogens with two attached hydrogens (primary N) is 1. The largest absolute Gasteiger partial charge is 0.373 e. The Morgan fingerprint density at radius 2 is 2.11 bits per heavy atom. The predicted molar refractivity (Wildman–Crippen MR) is 70.4 cm³/mol. The molecule has 2 N–H and O–H groups in total. The third kappa shape index (κ3) is 2.54. The molecule has 0 spiro atoms. The van der Waals surface area contributed by atoms with Gasteiger partial charge in [-0.2, -0.15) is 0 Å². The van der Waals surface area contributed by atoms with Crippen LogP contribution in [-0.4, -0.2) is 42.1 Å². The predicted octanol–water partition coefficient (Wildman–Crippen LogP) is 1.26. The first kappa shape index (κ1) is 13.1. The number of ether oxygens (including phenoxy) is 1. The normalized spacial score (nSPS) is 22.8. The van der Waals surface area contributed by atoms with Crippen molar-refractivity contribution in [3.05, 3.63) is 35.9 Å². The number of carbonyl (C=O) groups excluding carboxylic acids is 1. The summed E-state index contributed by atoms with van der Waals surface area (Å²) >= 11 is 0. The van der Waals surface area contributed by atoms with Gasteiger partial charge in [0.05, 0.1) is 18.2 Å². The number of carbonyl (C=O) groups is 1. The van der Waals surface area contributed by atoms with Crippen molar-refractivity contribution in [2.24, 2.45) is 5.73 Å². The summed E-state index contributed by atoms with van der Waals surface area (Å²) in [6, 6.07) is 9.34. The molecule has 1 fully saturated rings. The van der Waals surface area contributed by atoms with Crippen molar-refractivity contribution in [3.8, 4) is 0 Å². The molecule has 4 nitrogen and oxygen atoms in total. The van der Waals surface area contributed by atoms with Gasteiger partial charge in [-0.25, -0.2) is 0 Å². The Kier molecular flexibility index (Phi) is 3.68. The third-order valence-corrected chi connectivity index (χ3v) is 3.32. The highest BCUT2D eigenvalue weighted by Gasteiger charge is 2.37. The van der Waals surface area contributed by atoms with E-state index in [0.29, 0.717) is 25.3 Å². The first-order valence-electron chi connectivity index (χ1n) is 6.23. The van der Waals surface area contributed by atoms with Gasteiger partial charge in [-0.1, -0.05) is 18.2 Å². The summed E-state index contributed by atoms with van der Waals surface area (Å²) in [6.45, 7) is 5.54. The molecule has 1 atom stereocenters. The first-order chi connectivity index (χ1) is 8.54. The average Bonchev–Trinajstić information content (AvgIpc) is 2.39. The Hall–Kier alpha value is -1.39. The lowest BCUT2D eigenvalue weighted by Crippen LogP contribution is -2.59. The molecule has 0 radical (unpaired) electrons. The van der Waals surface area contributed by atoms with E-state index in [-0.39, 0.29) is 17.6 Å². The van der Waals surface area contributed by atoms with Gasteiger partial charge in [0.15, 0.2) is 0 Å². The van der Waals surface area contributed by atoms with E-state index in [1.165, 1.54) is 0 Å². The second-order valence-electron chi connectivity index (χ2n) is 5.26. The summed E-state index contributed by atoms with van der Waals surface area (Å²) in [5.41, 5.74) is 6.05. The van der Waals surface area contributed by atoms with Gasteiger partial charge in [-0.05, 0) is 26.0 Å². The molecule has 1 heterocycles. The SMILES string of the molecule is CC1(C)COC(CN)CN1C(=O)c1ccccc1. The molecule has 0 saturated carbocycles. The number of morpholine rings is 1. The van der Waals surface area contributed by atoms with Gasteiger partial charge in [-0.15, -0.1) is 0 Å². The molecule has 0 aliphatic carbocycles. The molecule has 1 saturated heterocycles. The average molecular weight is 248 g/mol. The van der Waals surface area contributed by atoms with E-state index in [9.17, 15) is 4.79 Å². The van der Waals surface area contributed by atoms with Crippen molar-refractivity contribution in [3.63, 3.8) is 0 Å². The molecule has 1 aromatic rings. The van der Waals surface area contributed by atoms with Crippen molar-refractivity contribution in [2.75, 3.05) is 19.7 Å². The van der Waals surface area contributed by atoms with Crippen LogP contribution in [0.15, 0.2) is 30.3 Å². The summed E-state index contributed by atoms with van der Waals surface area (Å²) in [5, 5.41) is 0. The molecule has 18 heavy (non-hydrogen) atoms. The van der Waals surface area contributed by atoms with Gasteiger partial charge in [0, 0.05) is 18.7 Å². The number of hydrogen-bond donors (Lipinski definition) is 1. The highest BCUT2D eigenvalue weighted by Crippen LogP contribution is 2.24. The number of amides is 1. The van der Waals surface area contributed by atoms with Crippen molar-refractivity contribution in [1.29, 1.82) is 0 Å². The fourth-order valence-corrected chi connectivity index (χ4v) is 2.14. The fraction of sp³-hybridized carbons (Fsp3) is 0.500. The first-order valence-corrected chi connectivity index (χ1v) is 6.23. The maximum atomic E-state index is 12.5. The summed E-state index contributed by atoms with van der Waals surface area (Å²) in [4.78, 5) is 14.4. The molecular weight excluding hydrogens is 228 g/mol. The maximum Gasteiger partial charge on any atom is 0.254 e. The van der Waals surface area contributed by atoms with Gasteiger partial charge < -0.3 is 15.4 Å². The van der Waals surface area contributed by atoms with Crippen LogP contribution < -0.4 is 5.73 Å². The molecule has 4 heteroatoms. The molecule has 0 aromatic heterocycles. The Balaban J connectivity index is 2.21. The lowest BCUT2D eigenvalue weighted by Gasteiger charge is -2.45. The fourth-order valence-electron chi connectivity index (χ4n) is 2.14. The van der Waals surface area contributed by atoms with Crippen LogP contribution in [0.1, 0.15) is 24.2 Å². The van der Waals surface area contributed by atoms with Crippen molar-refractivity contribution >= 4 is 5.91 Å². The number of hydrogen-bond acceptors (Lipinski definition) is 3. The minimum Gasteiger partial charge on any atom is -0.373 e. The van der Waals surface area contributed by atoms with Crippen LogP contribution in [0.3, 0.4) is 0 Å². The summed E-state index contributed by atoms with van der Waals surface area (Å²) in [7, 11) is 0. The summed E-state index contributed by atoms with van der Waals surface area (Å²) in [6.07, 6.45) is -0.0642. The summed E-state index contributed by atoms with van der Waals surface area (Å²) < 4.78 is 5.64. The molecule has 1 amide bonds. The van der Waals surface area contributed by atoms with Crippen LogP contribution in [-0.2, 0) is 4.74 Å². The van der Waals surface area contributed by atoms with E-state index in [1.807, 2.05) is 49.1 Å². The lowest BCUT2D eigenvalue weighted by atomic mass is 9.99. The number of rotatable bonds is 2. The highest BCUT2D eigenvalue weighted by molar-refractivity contribution is 5.94. The molecular formula is C14H20N2O2. The van der Waals surface area contributed by atoms with Crippen LogP contribution in [0, 0.1) is 0 Å². The smallest absolute Gasteiger partial charge is 0.254 e. The Morgan fingerprint density at radius 3 is 2.72 bits per heavy atom. The van der Waals surface area contributed by atoms with Gasteiger partial charge >= 0.3 is 0 Å². The monoisotopic (exact) mass is 248 g/mol. The van der Waals surface area contributed by atoms with Crippen molar-refractivity contribution < 1.29 is 9.53 Å². The van der Waals surface area contributed by atoms with E-state index in [1.54, 1.807) is 0 Å². The molecule has 0 bridgehead atoms. The standard InChI is InChI=1S/C14H20N2O2/c1-14(2)10-18-12(8-15)9-16(14)13(17)11-6-4-3-5-7-11/h3-7,12H,8-10,15H2,1-2H3. The van der Waals surface area contributed by atoms with E-state index in [2.05, 4.69) is 0 Å². The zero-order valence-electron chi connectivity index (χ0n) is 10.9. The zero-order chi connectivity index (χ0) is 13.2. The van der Waals surface area contributed by atoms with E-state index in [4.69, 9.17) is 10.5 Å². The van der Waals surface area contributed by atoms with Crippen LogP contribution in [0.4, 0.5) is 0 Å². The Bertz CT molecular complexity index is 417. The highest BCUT2D eigenvalue weighted by atomic mass is 16.5. The molecule has 1 aliphatic rings. The molecule has 1 unspecified atom stereocenters. The quantitative estimate of drug-likeness (QED) is 0.857. The van der Waals surface area contributed by atoms with Crippen LogP contribution >= 0.6 is 0 Å². The second-order valence-corrected chi connectivity index (χ2v) is 5.26. The molecule has 1 aromatic carbocycles. The van der Waals surface area contributed by atoms with Gasteiger partial charge in [-0.3, -0.25) is 4.79 Å². The van der Waals surface area contributed by atoms with Crippen molar-refractivity contribution in [2.45, 2.75) is 25.5 Å². The maximum absolute atomic E-state index is 12.5. The van der Waals surface area contributed by atoms with Crippen LogP contribution in [0.5, 0.6) is 0 Å². The minimum absolute atomic E-state index is 0.0438. The van der Waals surface area contributed by atoms with Gasteiger partial charge in [0.25, 0.3) is 5.91 Å². The number of benzene rings is 1. The third-order valence-electron chi connectivity index (χ3n) is 3.32. The van der Waals surface area contributed by atoms with E-state index >= 15 is 0 Å². The molecule has 2 rings (SSSR count). The van der Waals surface area contributed by atoms with Gasteiger partial charge in [0.2, 0.25) is 0 Å². The van der Waals surface area contributed by atoms with Crippen LogP contribution in [0.25, 0.3) is 0 Å². The minimum atomic E-state index is -0.293. The van der Waals surface area contributed by atoms with Crippen LogP contribution in [0.2, 0.25) is 0 Å². The van der Waals surface area contributed by atoms with Crippen molar-refractivity contribution in [1.82, 2.24) is 4.90 Å². The zero-order valence-corrected chi connectivity index (χ0v) is 10.9. The number of nitrogens with zero attached hydrogens (tertiary/aromatic N) is 1. The van der Waals surface area contributed by atoms with Gasteiger partial charge in [0.1, 0.15) is 0 Å². The van der Waals surface area contributed by atoms with E-state index in [0.717, 1.165) is 0 Å². The molecule has 1 aliphatic heterocycles. The molecule has 98 valence electrons. The lowest BCUT2D eigenvalue weighted by molar-refractivity contribution is -0.0788. The Labute approximate surface area is 108 Å². The topological polar surface area (TPSA) is 55.6 Å². The van der Waals surface area contributed by atoms with E-state index < -0.39 is 0 Å². The Morgan fingerprint density at radius 1 is 1.44 bits per heavy atom.